The maximum Gasteiger partial charge on any atom is 0.238 e. The number of furan rings is 1. The number of rotatable bonds is 4. The molecule has 1 aromatic carbocycles. The Kier molecular flexibility index (Phi) is 3.65. The zero-order valence-electron chi connectivity index (χ0n) is 10.5. The number of aryl methyl sites for hydroxylation is 1. The molecule has 20 heavy (non-hydrogen) atoms. The van der Waals surface area contributed by atoms with Gasteiger partial charge in [-0.3, -0.25) is 10.1 Å². The number of hydrogen-bond acceptors (Lipinski definition) is 5. The molecule has 6 heteroatoms. The molecule has 1 aromatic heterocycles. The van der Waals surface area contributed by atoms with Gasteiger partial charge in [-0.2, -0.15) is 0 Å². The van der Waals surface area contributed by atoms with Gasteiger partial charge in [-0.05, 0) is 30.7 Å². The Morgan fingerprint density at radius 3 is 2.70 bits per heavy atom. The van der Waals surface area contributed by atoms with Crippen molar-refractivity contribution in [3.05, 3.63) is 63.5 Å². The van der Waals surface area contributed by atoms with Gasteiger partial charge < -0.3 is 14.3 Å². The monoisotopic (exact) mass is 272 g/mol. The van der Waals surface area contributed by atoms with E-state index < -0.39 is 10.9 Å². The van der Waals surface area contributed by atoms with Crippen LogP contribution in [-0.4, -0.2) is 10.9 Å². The third-order valence-electron chi connectivity index (χ3n) is 2.73. The molecule has 0 aliphatic carbocycles. The Bertz CT molecular complexity index is 699. The maximum atomic E-state index is 11.0. The van der Waals surface area contributed by atoms with Gasteiger partial charge in [-0.15, -0.1) is 0 Å². The molecule has 0 saturated heterocycles. The zero-order valence-corrected chi connectivity index (χ0v) is 10.5. The predicted molar refractivity (Wildman–Crippen MR) is 69.2 cm³/mol. The summed E-state index contributed by atoms with van der Waals surface area (Å²) in [6.07, 6.45) is 1.99. The van der Waals surface area contributed by atoms with Crippen LogP contribution in [0.4, 0.5) is 0 Å². The Morgan fingerprint density at radius 1 is 1.30 bits per heavy atom. The lowest BCUT2D eigenvalue weighted by Crippen LogP contribution is -2.23. The number of hydrogen-bond donors (Lipinski definition) is 0. The summed E-state index contributed by atoms with van der Waals surface area (Å²) in [5, 5.41) is 21.2. The molecule has 0 saturated carbocycles. The van der Waals surface area contributed by atoms with Crippen molar-refractivity contribution in [2.24, 2.45) is 0 Å². The smallest absolute Gasteiger partial charge is 0.238 e. The van der Waals surface area contributed by atoms with Gasteiger partial charge in [0.05, 0.1) is 17.0 Å². The molecule has 0 unspecified atom stereocenters. The van der Waals surface area contributed by atoms with Gasteiger partial charge in [0.1, 0.15) is 11.5 Å². The third kappa shape index (κ3) is 2.92. The first-order chi connectivity index (χ1) is 9.47. The molecule has 0 spiro atoms. The van der Waals surface area contributed by atoms with E-state index in [0.29, 0.717) is 22.6 Å². The molecule has 0 aliphatic rings. The highest BCUT2D eigenvalue weighted by Gasteiger charge is 2.07. The quantitative estimate of drug-likeness (QED) is 0.625. The summed E-state index contributed by atoms with van der Waals surface area (Å²) >= 11 is 0. The second-order valence-corrected chi connectivity index (χ2v) is 4.12. The maximum absolute atomic E-state index is 11.0. The molecular weight excluding hydrogens is 262 g/mol. The van der Waals surface area contributed by atoms with E-state index in [1.165, 1.54) is 12.1 Å². The molecule has 6 nitrogen and oxygen atoms in total. The van der Waals surface area contributed by atoms with Crippen LogP contribution in [0.3, 0.4) is 0 Å². The van der Waals surface area contributed by atoms with Gasteiger partial charge >= 0.3 is 0 Å². The first-order valence-electron chi connectivity index (χ1n) is 5.71. The first kappa shape index (κ1) is 13.5. The first-order valence-corrected chi connectivity index (χ1v) is 5.71. The fraction of sp³-hybridized carbons (Fsp3) is 0.0714. The van der Waals surface area contributed by atoms with E-state index in [1.54, 1.807) is 31.2 Å². The highest BCUT2D eigenvalue weighted by atomic mass is 16.6. The Balaban J connectivity index is 2.35. The fourth-order valence-electron chi connectivity index (χ4n) is 1.73. The topological polar surface area (TPSA) is 96.4 Å². The summed E-state index contributed by atoms with van der Waals surface area (Å²) in [6.45, 7) is 1.67. The number of carbonyl (C=O) groups excluding carboxylic acids is 1. The van der Waals surface area contributed by atoms with Crippen molar-refractivity contribution in [3.63, 3.8) is 0 Å². The van der Waals surface area contributed by atoms with E-state index in [1.807, 2.05) is 0 Å². The van der Waals surface area contributed by atoms with Crippen LogP contribution in [0, 0.1) is 17.0 Å². The second-order valence-electron chi connectivity index (χ2n) is 4.12. The van der Waals surface area contributed by atoms with Crippen LogP contribution in [0.5, 0.6) is 0 Å². The minimum Gasteiger partial charge on any atom is -0.545 e. The number of aromatic carboxylic acids is 1. The molecule has 0 radical (unpaired) electrons. The van der Waals surface area contributed by atoms with Gasteiger partial charge in [0.25, 0.3) is 0 Å². The molecule has 0 fully saturated rings. The number of benzene rings is 1. The van der Waals surface area contributed by atoms with Crippen LogP contribution in [0.25, 0.3) is 17.4 Å². The average molecular weight is 272 g/mol. The van der Waals surface area contributed by atoms with Gasteiger partial charge in [-0.25, -0.2) is 0 Å². The minimum absolute atomic E-state index is 0.0845. The zero-order chi connectivity index (χ0) is 14.7. The molecule has 1 heterocycles. The Morgan fingerprint density at radius 2 is 2.05 bits per heavy atom. The van der Waals surface area contributed by atoms with Crippen molar-refractivity contribution in [2.45, 2.75) is 6.92 Å². The van der Waals surface area contributed by atoms with Crippen LogP contribution in [0.2, 0.25) is 0 Å². The molecule has 2 rings (SSSR count). The molecular formula is C14H10NO5-. The second kappa shape index (κ2) is 5.40. The van der Waals surface area contributed by atoms with Gasteiger partial charge in [0.15, 0.2) is 0 Å². The van der Waals surface area contributed by atoms with Crippen molar-refractivity contribution in [3.8, 4) is 11.3 Å². The molecule has 0 atom stereocenters. The van der Waals surface area contributed by atoms with Crippen LogP contribution in [0.15, 0.2) is 40.9 Å². The lowest BCUT2D eigenvalue weighted by molar-refractivity contribution is -0.401. The number of nitro groups is 1. The van der Waals surface area contributed by atoms with Crippen molar-refractivity contribution in [2.75, 3.05) is 0 Å². The minimum atomic E-state index is -1.26. The van der Waals surface area contributed by atoms with E-state index in [-0.39, 0.29) is 5.56 Å². The SMILES string of the molecule is Cc1ccc(-c2ccc(/C=C/[N+](=O)[O-])o2)cc1C(=O)[O-]. The van der Waals surface area contributed by atoms with E-state index in [2.05, 4.69) is 0 Å². The molecule has 102 valence electrons. The van der Waals surface area contributed by atoms with E-state index >= 15 is 0 Å². The summed E-state index contributed by atoms with van der Waals surface area (Å²) < 4.78 is 5.39. The highest BCUT2D eigenvalue weighted by Crippen LogP contribution is 2.25. The van der Waals surface area contributed by atoms with Crippen molar-refractivity contribution >= 4 is 12.0 Å². The van der Waals surface area contributed by atoms with Crippen LogP contribution in [-0.2, 0) is 0 Å². The third-order valence-corrected chi connectivity index (χ3v) is 2.73. The molecule has 0 bridgehead atoms. The number of nitrogens with zero attached hydrogens (tertiary/aromatic N) is 1. The number of carboxylic acids is 1. The summed E-state index contributed by atoms with van der Waals surface area (Å²) in [5.41, 5.74) is 1.24. The molecule has 0 N–H and O–H groups in total. The molecule has 0 aliphatic heterocycles. The highest BCUT2D eigenvalue weighted by molar-refractivity contribution is 5.89. The van der Waals surface area contributed by atoms with E-state index in [4.69, 9.17) is 4.42 Å². The van der Waals surface area contributed by atoms with Crippen molar-refractivity contribution < 1.29 is 19.2 Å². The summed E-state index contributed by atoms with van der Waals surface area (Å²) in [7, 11) is 0. The van der Waals surface area contributed by atoms with E-state index in [0.717, 1.165) is 6.20 Å². The average Bonchev–Trinajstić information content (AvgIpc) is 2.85. The largest absolute Gasteiger partial charge is 0.545 e. The Labute approximate surface area is 114 Å². The summed E-state index contributed by atoms with van der Waals surface area (Å²) in [4.78, 5) is 20.6. The predicted octanol–water partition coefficient (Wildman–Crippen LogP) is 1.87. The van der Waals surface area contributed by atoms with Gasteiger partial charge in [0.2, 0.25) is 6.20 Å². The van der Waals surface area contributed by atoms with Crippen molar-refractivity contribution in [1.82, 2.24) is 0 Å². The molecule has 2 aromatic rings. The lowest BCUT2D eigenvalue weighted by atomic mass is 10.0. The van der Waals surface area contributed by atoms with Crippen LogP contribution in [0.1, 0.15) is 21.7 Å². The van der Waals surface area contributed by atoms with Crippen molar-refractivity contribution in [1.29, 1.82) is 0 Å². The molecule has 0 amide bonds. The standard InChI is InChI=1S/C14H11NO5/c1-9-2-3-10(8-12(9)14(16)17)13-5-4-11(20-13)6-7-15(18)19/h2-8H,1H3,(H,16,17)/p-1/b7-6+. The van der Waals surface area contributed by atoms with Crippen LogP contribution < -0.4 is 5.11 Å². The van der Waals surface area contributed by atoms with Crippen LogP contribution >= 0.6 is 0 Å². The van der Waals surface area contributed by atoms with Gasteiger partial charge in [-0.1, -0.05) is 12.1 Å². The normalized spacial score (nSPS) is 10.8. The van der Waals surface area contributed by atoms with Gasteiger partial charge in [0, 0.05) is 11.1 Å². The fourth-order valence-corrected chi connectivity index (χ4v) is 1.73. The lowest BCUT2D eigenvalue weighted by Gasteiger charge is -2.08. The Hall–Kier alpha value is -2.89. The number of carbonyl (C=O) groups is 1. The number of carboxylic acid groups (broad SMARTS) is 1. The summed E-state index contributed by atoms with van der Waals surface area (Å²) in [6, 6.07) is 7.98. The van der Waals surface area contributed by atoms with E-state index in [9.17, 15) is 20.0 Å². The summed E-state index contributed by atoms with van der Waals surface area (Å²) in [5.74, 6) is -0.521.